The van der Waals surface area contributed by atoms with E-state index in [0.29, 0.717) is 10.8 Å². The second kappa shape index (κ2) is 13.9. The predicted octanol–water partition coefficient (Wildman–Crippen LogP) is 4.81. The van der Waals surface area contributed by atoms with E-state index in [2.05, 4.69) is 5.32 Å². The zero-order valence-corrected chi connectivity index (χ0v) is 24.9. The summed E-state index contributed by atoms with van der Waals surface area (Å²) in [5.41, 5.74) is 1.89. The molecule has 1 atom stereocenters. The Bertz CT molecular complexity index is 1430. The third kappa shape index (κ3) is 8.24. The molecule has 0 spiro atoms. The number of hydrogen-bond donors (Lipinski definition) is 1. The van der Waals surface area contributed by atoms with E-state index in [4.69, 9.17) is 16.3 Å². The highest BCUT2D eigenvalue weighted by atomic mass is 35.5. The molecule has 3 aromatic rings. The minimum Gasteiger partial charge on any atom is -0.495 e. The van der Waals surface area contributed by atoms with Gasteiger partial charge in [-0.25, -0.2) is 8.42 Å². The van der Waals surface area contributed by atoms with Crippen molar-refractivity contribution in [3.05, 3.63) is 95.0 Å². The third-order valence-electron chi connectivity index (χ3n) is 7.27. The number of hydrogen-bond acceptors (Lipinski definition) is 5. The van der Waals surface area contributed by atoms with E-state index in [1.807, 2.05) is 30.3 Å². The van der Waals surface area contributed by atoms with Crippen molar-refractivity contribution in [3.63, 3.8) is 0 Å². The molecule has 0 bridgehead atoms. The number of ether oxygens (including phenoxy) is 1. The first kappa shape index (κ1) is 30.4. The van der Waals surface area contributed by atoms with Gasteiger partial charge in [0, 0.05) is 24.0 Å². The lowest BCUT2D eigenvalue weighted by atomic mass is 10.0. The van der Waals surface area contributed by atoms with E-state index in [0.717, 1.165) is 47.4 Å². The Kier molecular flexibility index (Phi) is 10.3. The molecule has 1 saturated carbocycles. The van der Waals surface area contributed by atoms with Crippen LogP contribution in [0.2, 0.25) is 5.02 Å². The summed E-state index contributed by atoms with van der Waals surface area (Å²) in [5, 5.41) is 3.70. The Morgan fingerprint density at radius 1 is 0.951 bits per heavy atom. The molecule has 4 rings (SSSR count). The van der Waals surface area contributed by atoms with Crippen LogP contribution in [0.25, 0.3) is 0 Å². The molecule has 1 N–H and O–H groups in total. The average Bonchev–Trinajstić information content (AvgIpc) is 3.47. The number of nitrogens with zero attached hydrogens (tertiary/aromatic N) is 2. The number of amides is 2. The molecule has 41 heavy (non-hydrogen) atoms. The van der Waals surface area contributed by atoms with E-state index < -0.39 is 28.5 Å². The van der Waals surface area contributed by atoms with Crippen molar-refractivity contribution < 1.29 is 22.7 Å². The van der Waals surface area contributed by atoms with Gasteiger partial charge in [0.2, 0.25) is 21.8 Å². The maximum Gasteiger partial charge on any atom is 0.244 e. The first-order valence-corrected chi connectivity index (χ1v) is 15.9. The van der Waals surface area contributed by atoms with Gasteiger partial charge in [0.25, 0.3) is 0 Å². The highest BCUT2D eigenvalue weighted by molar-refractivity contribution is 7.92. The molecule has 0 radical (unpaired) electrons. The van der Waals surface area contributed by atoms with Gasteiger partial charge in [-0.1, -0.05) is 79.0 Å². The van der Waals surface area contributed by atoms with E-state index in [1.165, 1.54) is 12.0 Å². The summed E-state index contributed by atoms with van der Waals surface area (Å²) in [5.74, 6) is -0.458. The van der Waals surface area contributed by atoms with Crippen LogP contribution >= 0.6 is 11.6 Å². The summed E-state index contributed by atoms with van der Waals surface area (Å²) in [6.45, 7) is -0.413. The van der Waals surface area contributed by atoms with E-state index in [-0.39, 0.29) is 30.6 Å². The molecule has 10 heteroatoms. The minimum atomic E-state index is -3.89. The smallest absolute Gasteiger partial charge is 0.244 e. The lowest BCUT2D eigenvalue weighted by Crippen LogP contribution is -2.54. The van der Waals surface area contributed by atoms with Crippen LogP contribution in [0.5, 0.6) is 5.75 Å². The molecular formula is C31H36ClN3O5S. The largest absolute Gasteiger partial charge is 0.495 e. The first-order chi connectivity index (χ1) is 19.7. The second-order valence-corrected chi connectivity index (χ2v) is 12.6. The van der Waals surface area contributed by atoms with Gasteiger partial charge < -0.3 is 15.0 Å². The van der Waals surface area contributed by atoms with Crippen LogP contribution in [0, 0.1) is 0 Å². The molecule has 0 aromatic heterocycles. The molecule has 0 unspecified atom stereocenters. The van der Waals surface area contributed by atoms with Crippen molar-refractivity contribution in [1.82, 2.24) is 10.2 Å². The molecule has 2 amide bonds. The van der Waals surface area contributed by atoms with Gasteiger partial charge in [-0.15, -0.1) is 0 Å². The van der Waals surface area contributed by atoms with Crippen LogP contribution in [0.15, 0.2) is 78.9 Å². The van der Waals surface area contributed by atoms with Crippen LogP contribution in [0.4, 0.5) is 5.69 Å². The monoisotopic (exact) mass is 597 g/mol. The van der Waals surface area contributed by atoms with Gasteiger partial charge in [-0.2, -0.15) is 0 Å². The van der Waals surface area contributed by atoms with Crippen molar-refractivity contribution in [1.29, 1.82) is 0 Å². The number of benzene rings is 3. The summed E-state index contributed by atoms with van der Waals surface area (Å²) < 4.78 is 32.4. The van der Waals surface area contributed by atoms with Gasteiger partial charge in [-0.3, -0.25) is 13.9 Å². The summed E-state index contributed by atoms with van der Waals surface area (Å²) in [6, 6.07) is 22.3. The number of methoxy groups -OCH3 is 1. The van der Waals surface area contributed by atoms with Crippen LogP contribution < -0.4 is 14.4 Å². The fourth-order valence-electron chi connectivity index (χ4n) is 5.14. The van der Waals surface area contributed by atoms with Crippen molar-refractivity contribution in [3.8, 4) is 5.75 Å². The summed E-state index contributed by atoms with van der Waals surface area (Å²) in [4.78, 5) is 29.5. The fourth-order valence-corrected chi connectivity index (χ4v) is 6.12. The predicted molar refractivity (Wildman–Crippen MR) is 162 cm³/mol. The second-order valence-electron chi connectivity index (χ2n) is 10.3. The Morgan fingerprint density at radius 2 is 1.59 bits per heavy atom. The molecule has 1 fully saturated rings. The van der Waals surface area contributed by atoms with Gasteiger partial charge >= 0.3 is 0 Å². The number of para-hydroxylation sites is 2. The molecule has 3 aromatic carbocycles. The molecule has 218 valence electrons. The maximum absolute atomic E-state index is 14.2. The quantitative estimate of drug-likeness (QED) is 0.323. The average molecular weight is 598 g/mol. The summed E-state index contributed by atoms with van der Waals surface area (Å²) in [7, 11) is -2.45. The number of sulfonamides is 1. The number of nitrogens with one attached hydrogen (secondary N) is 1. The molecular weight excluding hydrogens is 562 g/mol. The van der Waals surface area contributed by atoms with E-state index in [9.17, 15) is 18.0 Å². The zero-order valence-electron chi connectivity index (χ0n) is 23.3. The molecule has 1 aliphatic carbocycles. The van der Waals surface area contributed by atoms with Crippen LogP contribution in [-0.4, -0.2) is 57.1 Å². The van der Waals surface area contributed by atoms with Crippen molar-refractivity contribution in [2.75, 3.05) is 24.2 Å². The van der Waals surface area contributed by atoms with E-state index >= 15 is 0 Å². The van der Waals surface area contributed by atoms with Crippen molar-refractivity contribution in [2.24, 2.45) is 0 Å². The number of anilines is 1. The van der Waals surface area contributed by atoms with E-state index in [1.54, 1.807) is 48.5 Å². The van der Waals surface area contributed by atoms with Gasteiger partial charge in [0.15, 0.2) is 0 Å². The van der Waals surface area contributed by atoms with Crippen molar-refractivity contribution in [2.45, 2.75) is 50.7 Å². The summed E-state index contributed by atoms with van der Waals surface area (Å²) >= 11 is 6.11. The normalized spacial score (nSPS) is 14.3. The molecule has 0 aliphatic heterocycles. The Labute approximate surface area is 247 Å². The van der Waals surface area contributed by atoms with Gasteiger partial charge in [0.1, 0.15) is 18.3 Å². The Balaban J connectivity index is 1.73. The lowest BCUT2D eigenvalue weighted by Gasteiger charge is -2.34. The highest BCUT2D eigenvalue weighted by Gasteiger charge is 2.34. The molecule has 1 aliphatic rings. The van der Waals surface area contributed by atoms with Gasteiger partial charge in [-0.05, 0) is 48.2 Å². The fraction of sp³-hybridized carbons (Fsp3) is 0.355. The number of carbonyl (C=O) groups is 2. The molecule has 8 nitrogen and oxygen atoms in total. The lowest BCUT2D eigenvalue weighted by molar-refractivity contribution is -0.140. The van der Waals surface area contributed by atoms with Crippen LogP contribution in [0.3, 0.4) is 0 Å². The van der Waals surface area contributed by atoms with Crippen molar-refractivity contribution >= 4 is 39.1 Å². The zero-order chi connectivity index (χ0) is 29.4. The number of carbonyl (C=O) groups excluding carboxylic acids is 2. The molecule has 0 saturated heterocycles. The van der Waals surface area contributed by atoms with Crippen LogP contribution in [0.1, 0.15) is 36.8 Å². The standard InChI is InChI=1S/C31H36ClN3O5S/c1-40-29-15-9-8-14-27(29)35(41(2,38)39)22-30(36)34(21-24-16-18-25(32)19-17-24)28(20-23-10-4-3-5-11-23)31(37)33-26-12-6-7-13-26/h3-5,8-11,14-19,26,28H,6-7,12-13,20-22H2,1-2H3,(H,33,37)/t28-/m1/s1. The number of halogens is 1. The van der Waals surface area contributed by atoms with Gasteiger partial charge in [0.05, 0.1) is 19.1 Å². The highest BCUT2D eigenvalue weighted by Crippen LogP contribution is 2.30. The first-order valence-electron chi connectivity index (χ1n) is 13.6. The van der Waals surface area contributed by atoms with Crippen LogP contribution in [-0.2, 0) is 32.6 Å². The molecule has 0 heterocycles. The Morgan fingerprint density at radius 3 is 2.22 bits per heavy atom. The maximum atomic E-state index is 14.2. The SMILES string of the molecule is COc1ccccc1N(CC(=O)N(Cc1ccc(Cl)cc1)[C@H](Cc1ccccc1)C(=O)NC1CCCC1)S(C)(=O)=O. The minimum absolute atomic E-state index is 0.0503. The number of rotatable bonds is 12. The topological polar surface area (TPSA) is 96.0 Å². The Hall–Kier alpha value is -3.56. The third-order valence-corrected chi connectivity index (χ3v) is 8.65. The summed E-state index contributed by atoms with van der Waals surface area (Å²) in [6.07, 6.45) is 5.19.